The first-order chi connectivity index (χ1) is 34.3. The van der Waals surface area contributed by atoms with Gasteiger partial charge in [0.15, 0.2) is 0 Å². The van der Waals surface area contributed by atoms with E-state index >= 15 is 0 Å². The van der Waals surface area contributed by atoms with Crippen LogP contribution in [0.5, 0.6) is 0 Å². The van der Waals surface area contributed by atoms with E-state index in [0.717, 1.165) is 109 Å². The van der Waals surface area contributed by atoms with Crippen LogP contribution in [0.3, 0.4) is 0 Å². The standard InChI is InChI=1S/C66H50Br2N3.Ir/c1-64(2)59-29-25-44(38-60(59)65(3,4)66(64,5)6)63-32-28-47(41-71-63)55-21-9-12-24-58(55)50-34-48(56-22-10-7-19-53(56)45-26-30-61(69-39-45)42-15-13-17-51(67)36-42)33-49(35-50)57-23-11-8-20-54(57)46-27-31-62(70-40-46)43-16-14-18-52(68)37-43;/h7-14,17-24,26-41H,1-6H3;/q-3;+3. The molecule has 1 aliphatic rings. The van der Waals surface area contributed by atoms with Crippen LogP contribution in [0.1, 0.15) is 52.7 Å². The summed E-state index contributed by atoms with van der Waals surface area (Å²) in [7, 11) is 0. The monoisotopic (exact) mass is 1240 g/mol. The summed E-state index contributed by atoms with van der Waals surface area (Å²) in [5.41, 5.74) is 21.4. The van der Waals surface area contributed by atoms with Gasteiger partial charge in [-0.05, 0) is 118 Å². The van der Waals surface area contributed by atoms with Crippen molar-refractivity contribution in [3.8, 4) is 101 Å². The maximum atomic E-state index is 5.13. The van der Waals surface area contributed by atoms with Crippen molar-refractivity contribution in [2.45, 2.75) is 52.4 Å². The maximum Gasteiger partial charge on any atom is 3.00 e. The summed E-state index contributed by atoms with van der Waals surface area (Å²) in [5, 5.41) is 0. The summed E-state index contributed by atoms with van der Waals surface area (Å²) in [5.74, 6) is 0. The fourth-order valence-corrected chi connectivity index (χ4v) is 11.2. The third-order valence-corrected chi connectivity index (χ3v) is 16.6. The number of pyridine rings is 3. The van der Waals surface area contributed by atoms with Gasteiger partial charge < -0.3 is 15.0 Å². The largest absolute Gasteiger partial charge is 3.00 e. The maximum absolute atomic E-state index is 5.13. The molecule has 1 aliphatic carbocycles. The second kappa shape index (κ2) is 19.6. The SMILES string of the molecule is CC1(C)c2c[c-]c(-c3ccc(-c4ccccc4-c4cc(-c5ccccc5-c5ccc(-c6[c-]ccc(Br)c6)nc5)cc(-c5ccccc5-c5ccc(-c6[c-]ccc(Br)c6)nc5)c4)cn3)cc2C(C)(C)C1(C)C.[Ir+3]. The van der Waals surface area contributed by atoms with E-state index in [1.165, 1.54) is 11.1 Å². The molecule has 352 valence electrons. The molecule has 0 bridgehead atoms. The topological polar surface area (TPSA) is 38.7 Å². The van der Waals surface area contributed by atoms with Crippen LogP contribution in [-0.2, 0) is 30.9 Å². The molecule has 11 rings (SSSR count). The number of hydrogen-bond acceptors (Lipinski definition) is 3. The first-order valence-corrected chi connectivity index (χ1v) is 25.6. The number of aromatic nitrogens is 3. The Bertz CT molecular complexity index is 3480. The van der Waals surface area contributed by atoms with Crippen LogP contribution < -0.4 is 0 Å². The molecule has 0 fully saturated rings. The van der Waals surface area contributed by atoms with E-state index in [1.807, 2.05) is 55.0 Å². The van der Waals surface area contributed by atoms with Crippen molar-refractivity contribution in [1.82, 2.24) is 15.0 Å². The zero-order chi connectivity index (χ0) is 49.1. The van der Waals surface area contributed by atoms with Crippen LogP contribution >= 0.6 is 31.9 Å². The molecule has 0 N–H and O–H groups in total. The summed E-state index contributed by atoms with van der Waals surface area (Å²) in [6.07, 6.45) is 5.97. The molecule has 3 heterocycles. The molecule has 10 aromatic rings. The fraction of sp³-hybridized carbons (Fsp3) is 0.136. The third kappa shape index (κ3) is 8.87. The molecule has 3 nitrogen and oxygen atoms in total. The van der Waals surface area contributed by atoms with Gasteiger partial charge >= 0.3 is 20.1 Å². The Balaban J connectivity index is 0.00000596. The van der Waals surface area contributed by atoms with Crippen molar-refractivity contribution < 1.29 is 20.1 Å². The Morgan fingerprint density at radius 3 is 1.03 bits per heavy atom. The minimum Gasteiger partial charge on any atom is -0.304 e. The molecule has 0 atom stereocenters. The van der Waals surface area contributed by atoms with E-state index < -0.39 is 0 Å². The molecule has 3 aromatic heterocycles. The zero-order valence-electron chi connectivity index (χ0n) is 40.9. The van der Waals surface area contributed by atoms with Crippen molar-refractivity contribution >= 4 is 31.9 Å². The van der Waals surface area contributed by atoms with E-state index in [2.05, 4.69) is 231 Å². The van der Waals surface area contributed by atoms with Crippen LogP contribution in [0.25, 0.3) is 101 Å². The van der Waals surface area contributed by atoms with E-state index in [0.29, 0.717) is 0 Å². The predicted molar refractivity (Wildman–Crippen MR) is 300 cm³/mol. The molecular formula is C66H50Br2IrN3. The average Bonchev–Trinajstić information content (AvgIpc) is 3.51. The van der Waals surface area contributed by atoms with Crippen LogP contribution in [0, 0.1) is 23.6 Å². The van der Waals surface area contributed by atoms with Gasteiger partial charge in [0.05, 0.1) is 0 Å². The van der Waals surface area contributed by atoms with Crippen molar-refractivity contribution in [2.24, 2.45) is 5.41 Å². The smallest absolute Gasteiger partial charge is 0.304 e. The summed E-state index contributed by atoms with van der Waals surface area (Å²) < 4.78 is 1.99. The van der Waals surface area contributed by atoms with Gasteiger partial charge in [0, 0.05) is 18.6 Å². The normalized spacial score (nSPS) is 14.1. The Kier molecular flexibility index (Phi) is 13.4. The van der Waals surface area contributed by atoms with Gasteiger partial charge in [0.1, 0.15) is 0 Å². The zero-order valence-corrected chi connectivity index (χ0v) is 46.5. The second-order valence-corrected chi connectivity index (χ2v) is 22.0. The molecule has 0 saturated heterocycles. The van der Waals surface area contributed by atoms with Crippen molar-refractivity contribution in [2.75, 3.05) is 0 Å². The van der Waals surface area contributed by atoms with E-state index in [4.69, 9.17) is 15.0 Å². The molecule has 0 saturated carbocycles. The Labute approximate surface area is 454 Å². The Hall–Kier alpha value is -6.40. The Morgan fingerprint density at radius 2 is 0.694 bits per heavy atom. The second-order valence-electron chi connectivity index (χ2n) is 20.1. The molecule has 0 aliphatic heterocycles. The number of rotatable bonds is 9. The molecule has 72 heavy (non-hydrogen) atoms. The number of fused-ring (bicyclic) bond motifs is 1. The summed E-state index contributed by atoms with van der Waals surface area (Å²) in [6, 6.07) is 72.5. The molecule has 0 unspecified atom stereocenters. The van der Waals surface area contributed by atoms with Gasteiger partial charge in [-0.25, -0.2) is 0 Å². The van der Waals surface area contributed by atoms with Gasteiger partial charge in [0.2, 0.25) is 0 Å². The minimum atomic E-state index is -0.00979. The van der Waals surface area contributed by atoms with Crippen molar-refractivity contribution in [3.63, 3.8) is 0 Å². The quantitative estimate of drug-likeness (QED) is 0.135. The molecule has 7 aromatic carbocycles. The van der Waals surface area contributed by atoms with E-state index in [1.54, 1.807) is 0 Å². The van der Waals surface area contributed by atoms with E-state index in [9.17, 15) is 0 Å². The van der Waals surface area contributed by atoms with Crippen LogP contribution in [0.4, 0.5) is 0 Å². The fourth-order valence-electron chi connectivity index (χ4n) is 10.5. The predicted octanol–water partition coefficient (Wildman–Crippen LogP) is 18.4. The molecule has 6 heteroatoms. The van der Waals surface area contributed by atoms with E-state index in [-0.39, 0.29) is 36.4 Å². The molecule has 0 amide bonds. The average molecular weight is 1240 g/mol. The van der Waals surface area contributed by atoms with Crippen LogP contribution in [-0.4, -0.2) is 15.0 Å². The van der Waals surface area contributed by atoms with Crippen LogP contribution in [0.15, 0.2) is 203 Å². The number of benzene rings is 7. The van der Waals surface area contributed by atoms with Gasteiger partial charge in [-0.3, -0.25) is 0 Å². The van der Waals surface area contributed by atoms with Crippen molar-refractivity contribution in [1.29, 1.82) is 0 Å². The van der Waals surface area contributed by atoms with Gasteiger partial charge in [0.25, 0.3) is 0 Å². The number of hydrogen-bond donors (Lipinski definition) is 0. The first kappa shape index (κ1) is 49.2. The summed E-state index contributed by atoms with van der Waals surface area (Å²) in [4.78, 5) is 15.0. The third-order valence-electron chi connectivity index (χ3n) is 15.6. The Morgan fingerprint density at radius 1 is 0.361 bits per heavy atom. The summed E-state index contributed by atoms with van der Waals surface area (Å²) in [6.45, 7) is 14.3. The van der Waals surface area contributed by atoms with Gasteiger partial charge in [-0.15, -0.1) is 94.5 Å². The van der Waals surface area contributed by atoms with Crippen molar-refractivity contribution in [3.05, 3.63) is 233 Å². The molecule has 0 spiro atoms. The number of halogens is 2. The minimum absolute atomic E-state index is 0. The summed E-state index contributed by atoms with van der Waals surface area (Å²) >= 11 is 7.22. The molecule has 0 radical (unpaired) electrons. The number of nitrogens with zero attached hydrogens (tertiary/aromatic N) is 3. The molecular weight excluding hydrogens is 1190 g/mol. The van der Waals surface area contributed by atoms with Gasteiger partial charge in [-0.1, -0.05) is 192 Å². The van der Waals surface area contributed by atoms with Gasteiger partial charge in [-0.2, -0.15) is 0 Å². The first-order valence-electron chi connectivity index (χ1n) is 24.0. The van der Waals surface area contributed by atoms with Crippen LogP contribution in [0.2, 0.25) is 0 Å².